The van der Waals surface area contributed by atoms with E-state index in [1.54, 1.807) is 6.07 Å². The van der Waals surface area contributed by atoms with Crippen LogP contribution in [-0.2, 0) is 0 Å². The summed E-state index contributed by atoms with van der Waals surface area (Å²) in [6, 6.07) is 10.5. The summed E-state index contributed by atoms with van der Waals surface area (Å²) < 4.78 is 32.9. The van der Waals surface area contributed by atoms with Crippen LogP contribution >= 0.6 is 15.9 Å². The number of nitrogen functional groups attached to an aromatic ring is 1. The third-order valence-electron chi connectivity index (χ3n) is 3.04. The van der Waals surface area contributed by atoms with Gasteiger partial charge in [-0.05, 0) is 18.2 Å². The van der Waals surface area contributed by atoms with Gasteiger partial charge in [0.15, 0.2) is 11.6 Å². The summed E-state index contributed by atoms with van der Waals surface area (Å²) in [5.74, 6) is -1.09. The van der Waals surface area contributed by atoms with Crippen LogP contribution in [0.4, 0.5) is 14.6 Å². The van der Waals surface area contributed by atoms with Gasteiger partial charge in [0.25, 0.3) is 0 Å². The molecule has 0 fully saturated rings. The Bertz CT molecular complexity index is 817. The minimum absolute atomic E-state index is 0.103. The number of nitrogens with two attached hydrogens (primary N) is 1. The smallest absolute Gasteiger partial charge is 0.179 e. The maximum atomic E-state index is 14.0. The molecule has 21 heavy (non-hydrogen) atoms. The summed E-state index contributed by atoms with van der Waals surface area (Å²) in [4.78, 5) is 0. The predicted molar refractivity (Wildman–Crippen MR) is 79.4 cm³/mol. The monoisotopic (exact) mass is 350 g/mol. The fraction of sp³-hybridized carbons (Fsp3) is 0. The van der Waals surface area contributed by atoms with Crippen molar-refractivity contribution >= 4 is 21.7 Å². The molecule has 0 atom stereocenters. The van der Waals surface area contributed by atoms with Crippen molar-refractivity contribution in [3.63, 3.8) is 0 Å². The average molecular weight is 351 g/mol. The summed E-state index contributed by atoms with van der Waals surface area (Å²) in [6.45, 7) is 0. The van der Waals surface area contributed by atoms with E-state index in [2.05, 4.69) is 21.1 Å². The Balaban J connectivity index is 2.25. The molecule has 106 valence electrons. The standard InChI is InChI=1S/C15H9BrF2N2O/c16-11-4-2-1-3-9(11)13-14(21-20-15(13)19)10-6-5-8(17)7-12(10)18/h1-7H,(H2,19,20). The van der Waals surface area contributed by atoms with E-state index in [-0.39, 0.29) is 17.1 Å². The zero-order valence-corrected chi connectivity index (χ0v) is 12.2. The molecule has 0 spiro atoms. The number of halogens is 3. The third-order valence-corrected chi connectivity index (χ3v) is 3.73. The van der Waals surface area contributed by atoms with Crippen LogP contribution in [0.2, 0.25) is 0 Å². The van der Waals surface area contributed by atoms with E-state index in [1.807, 2.05) is 18.2 Å². The highest BCUT2D eigenvalue weighted by Gasteiger charge is 2.21. The van der Waals surface area contributed by atoms with Gasteiger partial charge in [-0.3, -0.25) is 0 Å². The lowest BCUT2D eigenvalue weighted by molar-refractivity contribution is 0.433. The van der Waals surface area contributed by atoms with Crippen molar-refractivity contribution < 1.29 is 13.3 Å². The summed E-state index contributed by atoms with van der Waals surface area (Å²) in [5.41, 5.74) is 7.12. The Labute approximate surface area is 127 Å². The molecular weight excluding hydrogens is 342 g/mol. The lowest BCUT2D eigenvalue weighted by Gasteiger charge is -2.06. The summed E-state index contributed by atoms with van der Waals surface area (Å²) in [5, 5.41) is 3.70. The van der Waals surface area contributed by atoms with Gasteiger partial charge in [-0.2, -0.15) is 0 Å². The molecule has 3 aromatic rings. The van der Waals surface area contributed by atoms with Crippen LogP contribution in [0.15, 0.2) is 51.5 Å². The molecule has 0 aliphatic carbocycles. The van der Waals surface area contributed by atoms with Gasteiger partial charge < -0.3 is 10.3 Å². The topological polar surface area (TPSA) is 52.0 Å². The molecule has 2 N–H and O–H groups in total. The van der Waals surface area contributed by atoms with Crippen LogP contribution < -0.4 is 5.73 Å². The van der Waals surface area contributed by atoms with Crippen LogP contribution in [0.5, 0.6) is 0 Å². The van der Waals surface area contributed by atoms with Crippen molar-refractivity contribution in [3.05, 3.63) is 58.6 Å². The molecular formula is C15H9BrF2N2O. The maximum absolute atomic E-state index is 14.0. The third kappa shape index (κ3) is 2.42. The minimum atomic E-state index is -0.737. The highest BCUT2D eigenvalue weighted by Crippen LogP contribution is 2.40. The van der Waals surface area contributed by atoms with E-state index in [9.17, 15) is 8.78 Å². The van der Waals surface area contributed by atoms with Gasteiger partial charge in [0, 0.05) is 16.1 Å². The van der Waals surface area contributed by atoms with Crippen molar-refractivity contribution in [2.45, 2.75) is 0 Å². The zero-order valence-electron chi connectivity index (χ0n) is 10.6. The first-order valence-corrected chi connectivity index (χ1v) is 6.82. The first-order chi connectivity index (χ1) is 10.1. The molecule has 1 aromatic heterocycles. The number of anilines is 1. The molecule has 0 aliphatic heterocycles. The molecule has 0 bridgehead atoms. The highest BCUT2D eigenvalue weighted by atomic mass is 79.9. The SMILES string of the molecule is Nc1noc(-c2ccc(F)cc2F)c1-c1ccccc1Br. The first-order valence-electron chi connectivity index (χ1n) is 6.03. The fourth-order valence-corrected chi connectivity index (χ4v) is 2.57. The van der Waals surface area contributed by atoms with Crippen molar-refractivity contribution in [2.24, 2.45) is 0 Å². The van der Waals surface area contributed by atoms with Crippen LogP contribution in [0.3, 0.4) is 0 Å². The number of rotatable bonds is 2. The Morgan fingerprint density at radius 3 is 2.52 bits per heavy atom. The lowest BCUT2D eigenvalue weighted by Crippen LogP contribution is -1.91. The molecule has 0 saturated heterocycles. The van der Waals surface area contributed by atoms with E-state index in [4.69, 9.17) is 10.3 Å². The van der Waals surface area contributed by atoms with E-state index >= 15 is 0 Å². The molecule has 0 radical (unpaired) electrons. The van der Waals surface area contributed by atoms with E-state index in [0.29, 0.717) is 5.56 Å². The Hall–Kier alpha value is -2.21. The van der Waals surface area contributed by atoms with E-state index < -0.39 is 11.6 Å². The molecule has 3 nitrogen and oxygen atoms in total. The van der Waals surface area contributed by atoms with Gasteiger partial charge in [-0.1, -0.05) is 39.3 Å². The second-order valence-electron chi connectivity index (χ2n) is 4.38. The lowest BCUT2D eigenvalue weighted by atomic mass is 10.0. The van der Waals surface area contributed by atoms with Crippen LogP contribution in [0.25, 0.3) is 22.5 Å². The van der Waals surface area contributed by atoms with Crippen LogP contribution in [0, 0.1) is 11.6 Å². The molecule has 3 rings (SSSR count). The number of hydrogen-bond donors (Lipinski definition) is 1. The zero-order chi connectivity index (χ0) is 15.0. The van der Waals surface area contributed by atoms with E-state index in [1.165, 1.54) is 6.07 Å². The largest absolute Gasteiger partial charge is 0.380 e. The van der Waals surface area contributed by atoms with Gasteiger partial charge >= 0.3 is 0 Å². The highest BCUT2D eigenvalue weighted by molar-refractivity contribution is 9.10. The second-order valence-corrected chi connectivity index (χ2v) is 5.23. The Kier molecular flexibility index (Phi) is 3.47. The van der Waals surface area contributed by atoms with Gasteiger partial charge in [0.1, 0.15) is 11.6 Å². The molecule has 0 aliphatic rings. The van der Waals surface area contributed by atoms with Gasteiger partial charge in [-0.25, -0.2) is 8.78 Å². The van der Waals surface area contributed by atoms with Gasteiger partial charge in [0.05, 0.1) is 11.1 Å². The predicted octanol–water partition coefficient (Wildman–Crippen LogP) is 4.63. The summed E-state index contributed by atoms with van der Waals surface area (Å²) >= 11 is 3.41. The summed E-state index contributed by atoms with van der Waals surface area (Å²) in [6.07, 6.45) is 0. The molecule has 2 aromatic carbocycles. The molecule has 0 unspecified atom stereocenters. The number of nitrogens with zero attached hydrogens (tertiary/aromatic N) is 1. The molecule has 6 heteroatoms. The Morgan fingerprint density at radius 1 is 1.05 bits per heavy atom. The van der Waals surface area contributed by atoms with Crippen LogP contribution in [0.1, 0.15) is 0 Å². The minimum Gasteiger partial charge on any atom is -0.380 e. The first kappa shape index (κ1) is 13.8. The number of aromatic nitrogens is 1. The van der Waals surface area contributed by atoms with E-state index in [0.717, 1.165) is 22.2 Å². The molecule has 1 heterocycles. The molecule has 0 amide bonds. The second kappa shape index (κ2) is 5.29. The van der Waals surface area contributed by atoms with Gasteiger partial charge in [0.2, 0.25) is 0 Å². The van der Waals surface area contributed by atoms with Crippen molar-refractivity contribution in [2.75, 3.05) is 5.73 Å². The quantitative estimate of drug-likeness (QED) is 0.732. The number of hydrogen-bond acceptors (Lipinski definition) is 3. The van der Waals surface area contributed by atoms with Crippen molar-refractivity contribution in [3.8, 4) is 22.5 Å². The van der Waals surface area contributed by atoms with Crippen molar-refractivity contribution in [1.29, 1.82) is 0 Å². The Morgan fingerprint density at radius 2 is 1.81 bits per heavy atom. The maximum Gasteiger partial charge on any atom is 0.179 e. The van der Waals surface area contributed by atoms with Crippen molar-refractivity contribution in [1.82, 2.24) is 5.16 Å². The number of benzene rings is 2. The summed E-state index contributed by atoms with van der Waals surface area (Å²) in [7, 11) is 0. The van der Waals surface area contributed by atoms with Crippen LogP contribution in [-0.4, -0.2) is 5.16 Å². The van der Waals surface area contributed by atoms with Gasteiger partial charge in [-0.15, -0.1) is 0 Å². The normalized spacial score (nSPS) is 10.8. The molecule has 0 saturated carbocycles. The fourth-order valence-electron chi connectivity index (χ4n) is 2.08. The average Bonchev–Trinajstić information content (AvgIpc) is 2.81.